The van der Waals surface area contributed by atoms with Gasteiger partial charge in [0.15, 0.2) is 5.17 Å². The highest BCUT2D eigenvalue weighted by molar-refractivity contribution is 8.18. The van der Waals surface area contributed by atoms with Crippen molar-refractivity contribution >= 4 is 46.5 Å². The molecule has 2 heterocycles. The summed E-state index contributed by atoms with van der Waals surface area (Å²) in [5.74, 6) is -0.797. The number of hydrogen-bond donors (Lipinski definition) is 1. The number of benzene rings is 2. The van der Waals surface area contributed by atoms with Crippen LogP contribution >= 0.6 is 11.8 Å². The van der Waals surface area contributed by atoms with E-state index in [1.165, 1.54) is 35.9 Å². The molecule has 0 spiro atoms. The highest BCUT2D eigenvalue weighted by Crippen LogP contribution is 2.34. The number of aromatic carboxylic acids is 1. The van der Waals surface area contributed by atoms with Crippen LogP contribution < -0.4 is 0 Å². The number of carbonyl (C=O) groups excluding carboxylic acids is 2. The molecule has 166 valence electrons. The largest absolute Gasteiger partial charge is 0.478 e. The first-order valence-electron chi connectivity index (χ1n) is 9.74. The minimum Gasteiger partial charge on any atom is -0.478 e. The Bertz CT molecular complexity index is 1320. The van der Waals surface area contributed by atoms with E-state index in [0.717, 1.165) is 0 Å². The minimum atomic E-state index is -1.02. The molecule has 4 rings (SSSR count). The van der Waals surface area contributed by atoms with E-state index in [1.807, 2.05) is 0 Å². The number of furan rings is 1. The van der Waals surface area contributed by atoms with Crippen molar-refractivity contribution < 1.29 is 28.6 Å². The quantitative estimate of drug-likeness (QED) is 0.434. The summed E-state index contributed by atoms with van der Waals surface area (Å²) in [5.41, 5.74) is 1.65. The van der Waals surface area contributed by atoms with E-state index in [9.17, 15) is 19.5 Å². The average molecular weight is 462 g/mol. The lowest BCUT2D eigenvalue weighted by atomic mass is 10.1. The summed E-state index contributed by atoms with van der Waals surface area (Å²) in [5, 5.41) is 9.62. The maximum Gasteiger partial charge on any atom is 0.337 e. The number of hydrogen-bond acceptors (Lipinski definition) is 7. The van der Waals surface area contributed by atoms with Crippen molar-refractivity contribution in [3.8, 4) is 11.3 Å². The molecule has 1 saturated heterocycles. The fourth-order valence-corrected chi connectivity index (χ4v) is 4.07. The third-order valence-electron chi connectivity index (χ3n) is 4.79. The third kappa shape index (κ3) is 4.73. The van der Waals surface area contributed by atoms with Gasteiger partial charge in [0.25, 0.3) is 5.91 Å². The number of likely N-dealkylation sites (N-methyl/N-ethyl adjacent to an activating group) is 1. The average Bonchev–Trinajstić information content (AvgIpc) is 3.39. The third-order valence-corrected chi connectivity index (χ3v) is 5.85. The molecule has 8 nitrogen and oxygen atoms in total. The minimum absolute atomic E-state index is 0.157. The number of rotatable bonds is 5. The van der Waals surface area contributed by atoms with Crippen molar-refractivity contribution in [2.45, 2.75) is 0 Å². The second-order valence-corrected chi connectivity index (χ2v) is 8.01. The number of nitrogens with zero attached hydrogens (tertiary/aromatic N) is 2. The van der Waals surface area contributed by atoms with Crippen LogP contribution in [-0.2, 0) is 9.53 Å². The molecule has 3 aromatic rings. The van der Waals surface area contributed by atoms with Crippen molar-refractivity contribution in [1.82, 2.24) is 4.90 Å². The van der Waals surface area contributed by atoms with E-state index in [2.05, 4.69) is 4.99 Å². The summed E-state index contributed by atoms with van der Waals surface area (Å²) in [6.45, 7) is 0. The van der Waals surface area contributed by atoms with E-state index in [1.54, 1.807) is 61.7 Å². The zero-order valence-corrected chi connectivity index (χ0v) is 18.5. The Morgan fingerprint density at radius 2 is 1.85 bits per heavy atom. The highest BCUT2D eigenvalue weighted by Gasteiger charge is 2.30. The van der Waals surface area contributed by atoms with Gasteiger partial charge in [0, 0.05) is 18.7 Å². The first-order chi connectivity index (χ1) is 15.9. The smallest absolute Gasteiger partial charge is 0.337 e. The maximum absolute atomic E-state index is 12.7. The molecule has 1 aliphatic heterocycles. The monoisotopic (exact) mass is 462 g/mol. The number of methoxy groups -OCH3 is 1. The Hall–Kier alpha value is -4.11. The van der Waals surface area contributed by atoms with E-state index in [-0.39, 0.29) is 11.5 Å². The molecule has 9 heteroatoms. The molecule has 0 saturated carbocycles. The lowest BCUT2D eigenvalue weighted by Crippen LogP contribution is -2.23. The van der Waals surface area contributed by atoms with Crippen LogP contribution in [0.15, 0.2) is 75.0 Å². The lowest BCUT2D eigenvalue weighted by molar-refractivity contribution is -0.121. The molecule has 0 unspecified atom stereocenters. The van der Waals surface area contributed by atoms with Gasteiger partial charge in [0.05, 0.1) is 28.8 Å². The van der Waals surface area contributed by atoms with Crippen LogP contribution in [0.2, 0.25) is 0 Å². The van der Waals surface area contributed by atoms with Gasteiger partial charge < -0.3 is 14.3 Å². The topological polar surface area (TPSA) is 109 Å². The van der Waals surface area contributed by atoms with Crippen LogP contribution in [0.4, 0.5) is 5.69 Å². The number of carboxylic acids is 1. The van der Waals surface area contributed by atoms with Crippen molar-refractivity contribution in [2.24, 2.45) is 4.99 Å². The van der Waals surface area contributed by atoms with Gasteiger partial charge >= 0.3 is 11.9 Å². The predicted molar refractivity (Wildman–Crippen MR) is 124 cm³/mol. The van der Waals surface area contributed by atoms with Gasteiger partial charge in [-0.25, -0.2) is 14.6 Å². The first kappa shape index (κ1) is 22.1. The molecular formula is C24H18N2O6S. The van der Waals surface area contributed by atoms with E-state index >= 15 is 0 Å². The van der Waals surface area contributed by atoms with Crippen LogP contribution in [0.1, 0.15) is 26.5 Å². The molecule has 1 fully saturated rings. The van der Waals surface area contributed by atoms with Gasteiger partial charge in [-0.05, 0) is 54.2 Å². The van der Waals surface area contributed by atoms with Crippen LogP contribution in [0.5, 0.6) is 0 Å². The number of esters is 1. The summed E-state index contributed by atoms with van der Waals surface area (Å²) in [4.78, 5) is 42.0. The van der Waals surface area contributed by atoms with Crippen molar-refractivity contribution in [3.05, 3.63) is 82.5 Å². The molecule has 0 atom stereocenters. The van der Waals surface area contributed by atoms with Crippen LogP contribution in [0, 0.1) is 0 Å². The van der Waals surface area contributed by atoms with Gasteiger partial charge in [-0.1, -0.05) is 18.2 Å². The molecule has 1 N–H and O–H groups in total. The summed E-state index contributed by atoms with van der Waals surface area (Å²) >= 11 is 1.18. The normalized spacial score (nSPS) is 15.9. The van der Waals surface area contributed by atoms with Crippen molar-refractivity contribution in [2.75, 3.05) is 14.2 Å². The molecule has 0 aliphatic carbocycles. The zero-order valence-electron chi connectivity index (χ0n) is 17.6. The Kier molecular flexibility index (Phi) is 6.14. The highest BCUT2D eigenvalue weighted by atomic mass is 32.2. The number of aliphatic imine (C=N–C) groups is 1. The number of amides is 1. The number of carboxylic acid groups (broad SMARTS) is 1. The Morgan fingerprint density at radius 3 is 2.61 bits per heavy atom. The van der Waals surface area contributed by atoms with Gasteiger partial charge in [0.2, 0.25) is 0 Å². The number of ether oxygens (including phenoxy) is 1. The van der Waals surface area contributed by atoms with Gasteiger partial charge in [-0.2, -0.15) is 0 Å². The Labute approximate surface area is 193 Å². The number of thioether (sulfide) groups is 1. The summed E-state index contributed by atoms with van der Waals surface area (Å²) in [6, 6.07) is 16.5. The molecule has 1 amide bonds. The standard InChI is InChI=1S/C24H18N2O6S/c1-26-21(27)20(33-24(26)25-17-8-4-7-16(12-17)23(30)31-2)13-18-9-10-19(32-18)14-5-3-6-15(11-14)22(28)29/h3-13H,1-2H3,(H,28,29). The molecular weight excluding hydrogens is 444 g/mol. The van der Waals surface area contributed by atoms with Crippen LogP contribution in [0.25, 0.3) is 17.4 Å². The van der Waals surface area contributed by atoms with Gasteiger partial charge in [0.1, 0.15) is 11.5 Å². The van der Waals surface area contributed by atoms with E-state index in [0.29, 0.717) is 38.4 Å². The lowest BCUT2D eigenvalue weighted by Gasteiger charge is -2.07. The maximum atomic E-state index is 12.7. The van der Waals surface area contributed by atoms with E-state index in [4.69, 9.17) is 9.15 Å². The second kappa shape index (κ2) is 9.17. The van der Waals surface area contributed by atoms with Crippen LogP contribution in [0.3, 0.4) is 0 Å². The SMILES string of the molecule is COC(=O)c1cccc(N=C2SC(=Cc3ccc(-c4cccc(C(=O)O)c4)o3)C(=O)N2C)c1. The Morgan fingerprint density at radius 1 is 1.09 bits per heavy atom. The fraction of sp³-hybridized carbons (Fsp3) is 0.0833. The Balaban J connectivity index is 1.58. The fourth-order valence-electron chi connectivity index (χ4n) is 3.10. The molecule has 2 aromatic carbocycles. The van der Waals surface area contributed by atoms with Crippen molar-refractivity contribution in [1.29, 1.82) is 0 Å². The van der Waals surface area contributed by atoms with Crippen LogP contribution in [-0.4, -0.2) is 47.2 Å². The molecule has 1 aliphatic rings. The molecule has 0 bridgehead atoms. The molecule has 33 heavy (non-hydrogen) atoms. The first-order valence-corrected chi connectivity index (χ1v) is 10.6. The summed E-state index contributed by atoms with van der Waals surface area (Å²) in [7, 11) is 2.92. The summed E-state index contributed by atoms with van der Waals surface area (Å²) in [6.07, 6.45) is 1.61. The molecule has 1 aromatic heterocycles. The number of carbonyl (C=O) groups is 3. The second-order valence-electron chi connectivity index (χ2n) is 7.00. The predicted octanol–water partition coefficient (Wildman–Crippen LogP) is 4.67. The molecule has 0 radical (unpaired) electrons. The van der Waals surface area contributed by atoms with Gasteiger partial charge in [-0.3, -0.25) is 9.69 Å². The number of amidine groups is 1. The van der Waals surface area contributed by atoms with E-state index < -0.39 is 11.9 Å². The summed E-state index contributed by atoms with van der Waals surface area (Å²) < 4.78 is 10.5. The van der Waals surface area contributed by atoms with Crippen molar-refractivity contribution in [3.63, 3.8) is 0 Å². The van der Waals surface area contributed by atoms with Gasteiger partial charge in [-0.15, -0.1) is 0 Å². The zero-order chi connectivity index (χ0) is 23.5.